The summed E-state index contributed by atoms with van der Waals surface area (Å²) in [5.74, 6) is 0. The number of hydrogen-bond donors (Lipinski definition) is 1. The fourth-order valence-corrected chi connectivity index (χ4v) is 2.09. The van der Waals surface area contributed by atoms with Crippen molar-refractivity contribution in [1.29, 1.82) is 0 Å². The maximum absolute atomic E-state index is 5.82. The molecule has 0 unspecified atom stereocenters. The third-order valence-electron chi connectivity index (χ3n) is 2.75. The minimum atomic E-state index is 0.389. The van der Waals surface area contributed by atoms with Gasteiger partial charge in [0.2, 0.25) is 0 Å². The highest BCUT2D eigenvalue weighted by Gasteiger charge is 2.11. The van der Waals surface area contributed by atoms with Crippen LogP contribution in [0, 0.1) is 0 Å². The average Bonchev–Trinajstić information content (AvgIpc) is 2.38. The summed E-state index contributed by atoms with van der Waals surface area (Å²) in [5.41, 5.74) is 3.75. The van der Waals surface area contributed by atoms with Gasteiger partial charge in [0, 0.05) is 6.54 Å². The molecule has 3 heterocycles. The molecule has 0 bridgehead atoms. The third kappa shape index (κ3) is 2.08. The van der Waals surface area contributed by atoms with Crippen molar-refractivity contribution in [1.82, 2.24) is 15.0 Å². The quantitative estimate of drug-likeness (QED) is 0.840. The normalized spacial score (nSPS) is 13.9. The van der Waals surface area contributed by atoms with Crippen LogP contribution in [0.2, 0.25) is 5.15 Å². The number of pyridine rings is 1. The van der Waals surface area contributed by atoms with Crippen LogP contribution in [0.3, 0.4) is 0 Å². The predicted octanol–water partition coefficient (Wildman–Crippen LogP) is 2.55. The fourth-order valence-electron chi connectivity index (χ4n) is 1.94. The van der Waals surface area contributed by atoms with Crippen LogP contribution in [0.25, 0.3) is 11.4 Å². The summed E-state index contributed by atoms with van der Waals surface area (Å²) in [6, 6.07) is 3.98. The van der Waals surface area contributed by atoms with Crippen LogP contribution in [0.15, 0.2) is 24.5 Å². The Hall–Kier alpha value is -1.68. The van der Waals surface area contributed by atoms with E-state index in [1.165, 1.54) is 6.20 Å². The Morgan fingerprint density at radius 1 is 1.12 bits per heavy atom. The number of fused-ring (bicyclic) bond motifs is 1. The zero-order chi connectivity index (χ0) is 11.7. The molecule has 1 aliphatic rings. The maximum atomic E-state index is 5.82. The van der Waals surface area contributed by atoms with E-state index in [1.54, 1.807) is 6.20 Å². The van der Waals surface area contributed by atoms with Crippen molar-refractivity contribution in [3.63, 3.8) is 0 Å². The fraction of sp³-hybridized carbons (Fsp3) is 0.250. The summed E-state index contributed by atoms with van der Waals surface area (Å²) in [4.78, 5) is 12.8. The number of halogens is 1. The maximum Gasteiger partial charge on any atom is 0.148 e. The molecule has 5 heteroatoms. The molecule has 0 radical (unpaired) electrons. The van der Waals surface area contributed by atoms with Crippen molar-refractivity contribution in [2.75, 3.05) is 11.9 Å². The third-order valence-corrected chi connectivity index (χ3v) is 2.93. The molecule has 1 N–H and O–H groups in total. The second-order valence-electron chi connectivity index (χ2n) is 3.95. The zero-order valence-corrected chi connectivity index (χ0v) is 9.91. The van der Waals surface area contributed by atoms with Crippen LogP contribution < -0.4 is 5.32 Å². The van der Waals surface area contributed by atoms with Crippen molar-refractivity contribution in [2.24, 2.45) is 0 Å². The molecule has 0 amide bonds. The van der Waals surface area contributed by atoms with Crippen molar-refractivity contribution in [3.8, 4) is 11.4 Å². The molecular formula is C12H11ClN4. The Labute approximate surface area is 104 Å². The monoisotopic (exact) mass is 246 g/mol. The lowest BCUT2D eigenvalue weighted by molar-refractivity contribution is 0.802. The van der Waals surface area contributed by atoms with Gasteiger partial charge in [-0.25, -0.2) is 9.97 Å². The highest BCUT2D eigenvalue weighted by atomic mass is 35.5. The number of nitrogens with zero attached hydrogens (tertiary/aromatic N) is 3. The summed E-state index contributed by atoms with van der Waals surface area (Å²) in [7, 11) is 0. The van der Waals surface area contributed by atoms with Crippen molar-refractivity contribution in [3.05, 3.63) is 35.4 Å². The lowest BCUT2D eigenvalue weighted by Crippen LogP contribution is -2.13. The van der Waals surface area contributed by atoms with Gasteiger partial charge in [-0.3, -0.25) is 4.98 Å². The Balaban J connectivity index is 2.04. The van der Waals surface area contributed by atoms with Gasteiger partial charge in [0.15, 0.2) is 0 Å². The van der Waals surface area contributed by atoms with Crippen molar-refractivity contribution in [2.45, 2.75) is 12.8 Å². The van der Waals surface area contributed by atoms with E-state index in [0.29, 0.717) is 10.8 Å². The molecule has 0 fully saturated rings. The number of aryl methyl sites for hydroxylation is 1. The van der Waals surface area contributed by atoms with E-state index in [4.69, 9.17) is 11.6 Å². The Morgan fingerprint density at radius 3 is 2.94 bits per heavy atom. The van der Waals surface area contributed by atoms with Crippen LogP contribution in [0.1, 0.15) is 12.1 Å². The molecule has 3 rings (SSSR count). The first-order valence-corrected chi connectivity index (χ1v) is 5.92. The summed E-state index contributed by atoms with van der Waals surface area (Å²) in [5, 5.41) is 3.72. The van der Waals surface area contributed by atoms with Gasteiger partial charge in [-0.05, 0) is 25.0 Å². The molecule has 0 atom stereocenters. The Bertz CT molecular complexity index is 556. The van der Waals surface area contributed by atoms with E-state index in [2.05, 4.69) is 20.3 Å². The van der Waals surface area contributed by atoms with Gasteiger partial charge in [0.05, 0.1) is 29.5 Å². The molecule has 0 saturated heterocycles. The van der Waals surface area contributed by atoms with Gasteiger partial charge in [0.25, 0.3) is 0 Å². The zero-order valence-electron chi connectivity index (χ0n) is 9.15. The molecule has 1 aliphatic heterocycles. The van der Waals surface area contributed by atoms with Crippen LogP contribution in [0.5, 0.6) is 0 Å². The number of aromatic nitrogens is 3. The minimum absolute atomic E-state index is 0.389. The van der Waals surface area contributed by atoms with Gasteiger partial charge in [-0.15, -0.1) is 0 Å². The SMILES string of the molecule is Clc1cncc(-c2ccc3c(n2)CCCN3)n1. The molecular weight excluding hydrogens is 236 g/mol. The molecule has 2 aromatic rings. The van der Waals surface area contributed by atoms with E-state index in [0.717, 1.165) is 36.5 Å². The van der Waals surface area contributed by atoms with Crippen LogP contribution in [0.4, 0.5) is 5.69 Å². The molecule has 0 aliphatic carbocycles. The molecule has 0 spiro atoms. The van der Waals surface area contributed by atoms with E-state index < -0.39 is 0 Å². The van der Waals surface area contributed by atoms with Gasteiger partial charge >= 0.3 is 0 Å². The van der Waals surface area contributed by atoms with Crippen LogP contribution in [-0.2, 0) is 6.42 Å². The van der Waals surface area contributed by atoms with E-state index in [9.17, 15) is 0 Å². The molecule has 2 aromatic heterocycles. The Kier molecular flexibility index (Phi) is 2.65. The largest absolute Gasteiger partial charge is 0.384 e. The van der Waals surface area contributed by atoms with E-state index >= 15 is 0 Å². The summed E-state index contributed by atoms with van der Waals surface area (Å²) < 4.78 is 0. The second kappa shape index (κ2) is 4.30. The first-order valence-electron chi connectivity index (χ1n) is 5.54. The van der Waals surface area contributed by atoms with Gasteiger partial charge in [0.1, 0.15) is 10.8 Å². The second-order valence-corrected chi connectivity index (χ2v) is 4.34. The molecule has 0 saturated carbocycles. The predicted molar refractivity (Wildman–Crippen MR) is 67.1 cm³/mol. The highest BCUT2D eigenvalue weighted by molar-refractivity contribution is 6.29. The Morgan fingerprint density at radius 2 is 2.06 bits per heavy atom. The molecule has 4 nitrogen and oxygen atoms in total. The van der Waals surface area contributed by atoms with Crippen LogP contribution in [-0.4, -0.2) is 21.5 Å². The van der Waals surface area contributed by atoms with Gasteiger partial charge < -0.3 is 5.32 Å². The molecule has 0 aromatic carbocycles. The lowest BCUT2D eigenvalue weighted by atomic mass is 10.1. The number of nitrogens with one attached hydrogen (secondary N) is 1. The lowest BCUT2D eigenvalue weighted by Gasteiger charge is -2.17. The van der Waals surface area contributed by atoms with Gasteiger partial charge in [-0.1, -0.05) is 11.6 Å². The number of anilines is 1. The average molecular weight is 247 g/mol. The highest BCUT2D eigenvalue weighted by Crippen LogP contribution is 2.24. The first-order chi connectivity index (χ1) is 8.33. The summed E-state index contributed by atoms with van der Waals surface area (Å²) >= 11 is 5.82. The van der Waals surface area contributed by atoms with E-state index in [1.807, 2.05) is 12.1 Å². The standard InChI is InChI=1S/C12H11ClN4/c13-12-7-14-6-11(17-12)10-4-3-8-9(16-10)2-1-5-15-8/h3-4,6-7,15H,1-2,5H2. The summed E-state index contributed by atoms with van der Waals surface area (Å²) in [6.07, 6.45) is 5.32. The van der Waals surface area contributed by atoms with Crippen molar-refractivity contribution < 1.29 is 0 Å². The van der Waals surface area contributed by atoms with E-state index in [-0.39, 0.29) is 0 Å². The first kappa shape index (κ1) is 10.5. The van der Waals surface area contributed by atoms with Gasteiger partial charge in [-0.2, -0.15) is 0 Å². The minimum Gasteiger partial charge on any atom is -0.384 e. The van der Waals surface area contributed by atoms with Crippen molar-refractivity contribution >= 4 is 17.3 Å². The number of hydrogen-bond acceptors (Lipinski definition) is 4. The summed E-state index contributed by atoms with van der Waals surface area (Å²) in [6.45, 7) is 1.02. The molecule has 17 heavy (non-hydrogen) atoms. The van der Waals surface area contributed by atoms with Crippen LogP contribution >= 0.6 is 11.6 Å². The number of rotatable bonds is 1. The topological polar surface area (TPSA) is 50.7 Å². The smallest absolute Gasteiger partial charge is 0.148 e. The molecule has 86 valence electrons.